The molecular weight excluding hydrogens is 354 g/mol. The first-order valence-corrected chi connectivity index (χ1v) is 9.79. The zero-order valence-electron chi connectivity index (χ0n) is 15.6. The van der Waals surface area contributed by atoms with Crippen LogP contribution >= 0.6 is 11.8 Å². The van der Waals surface area contributed by atoms with Crippen molar-refractivity contribution in [2.24, 2.45) is 21.8 Å². The highest BCUT2D eigenvalue weighted by Crippen LogP contribution is 2.27. The van der Waals surface area contributed by atoms with E-state index < -0.39 is 11.9 Å². The molecule has 0 radical (unpaired) electrons. The van der Waals surface area contributed by atoms with Gasteiger partial charge in [0.1, 0.15) is 5.04 Å². The lowest BCUT2D eigenvalue weighted by Crippen LogP contribution is -2.55. The fraction of sp³-hybridized carbons (Fsp3) is 0.647. The minimum absolute atomic E-state index is 0.0478. The van der Waals surface area contributed by atoms with E-state index in [1.54, 1.807) is 7.05 Å². The average Bonchev–Trinajstić information content (AvgIpc) is 3.16. The third-order valence-electron chi connectivity index (χ3n) is 4.77. The van der Waals surface area contributed by atoms with Crippen molar-refractivity contribution < 1.29 is 19.0 Å². The number of urea groups is 1. The molecule has 0 bridgehead atoms. The van der Waals surface area contributed by atoms with Crippen LogP contribution in [0.5, 0.6) is 0 Å². The SMILES string of the molecule is CC(C)C1=NC2=[N+](C)C(=O)N(C)C(=O)C2C(SCC(=O)N2CCCC2)=N1. The second kappa shape index (κ2) is 7.30. The second-order valence-electron chi connectivity index (χ2n) is 6.98. The largest absolute Gasteiger partial charge is 0.445 e. The van der Waals surface area contributed by atoms with Crippen molar-refractivity contribution in [1.82, 2.24) is 9.80 Å². The minimum atomic E-state index is -0.721. The fourth-order valence-electron chi connectivity index (χ4n) is 3.16. The van der Waals surface area contributed by atoms with Crippen LogP contribution in [0.2, 0.25) is 0 Å². The molecule has 1 atom stereocenters. The molecule has 1 fully saturated rings. The molecule has 0 aromatic carbocycles. The minimum Gasteiger partial charge on any atom is -0.342 e. The molecule has 3 aliphatic heterocycles. The molecule has 0 aromatic rings. The highest BCUT2D eigenvalue weighted by atomic mass is 32.2. The van der Waals surface area contributed by atoms with Crippen molar-refractivity contribution in [1.29, 1.82) is 0 Å². The topological polar surface area (TPSA) is 85.4 Å². The van der Waals surface area contributed by atoms with Gasteiger partial charge >= 0.3 is 11.9 Å². The summed E-state index contributed by atoms with van der Waals surface area (Å²) in [6.45, 7) is 5.51. The van der Waals surface area contributed by atoms with E-state index >= 15 is 0 Å². The summed E-state index contributed by atoms with van der Waals surface area (Å²) in [6.07, 6.45) is 2.08. The Bertz CT molecular complexity index is 749. The van der Waals surface area contributed by atoms with E-state index in [4.69, 9.17) is 0 Å². The molecule has 26 heavy (non-hydrogen) atoms. The Kier molecular flexibility index (Phi) is 5.27. The van der Waals surface area contributed by atoms with Crippen molar-refractivity contribution in [2.75, 3.05) is 32.9 Å². The maximum Gasteiger partial charge on any atom is 0.445 e. The van der Waals surface area contributed by atoms with Gasteiger partial charge in [-0.3, -0.25) is 9.59 Å². The Morgan fingerprint density at radius 1 is 1.27 bits per heavy atom. The quantitative estimate of drug-likeness (QED) is 0.687. The predicted molar refractivity (Wildman–Crippen MR) is 101 cm³/mol. The van der Waals surface area contributed by atoms with Gasteiger partial charge in [-0.1, -0.05) is 30.6 Å². The summed E-state index contributed by atoms with van der Waals surface area (Å²) in [5, 5.41) is 0.544. The van der Waals surface area contributed by atoms with Gasteiger partial charge in [0.15, 0.2) is 5.92 Å². The van der Waals surface area contributed by atoms with E-state index in [2.05, 4.69) is 9.98 Å². The van der Waals surface area contributed by atoms with Crippen LogP contribution in [0, 0.1) is 11.8 Å². The van der Waals surface area contributed by atoms with Gasteiger partial charge in [-0.05, 0) is 12.8 Å². The summed E-state index contributed by atoms with van der Waals surface area (Å²) in [4.78, 5) is 49.3. The third-order valence-corrected chi connectivity index (χ3v) is 5.79. The molecule has 3 rings (SSSR count). The van der Waals surface area contributed by atoms with Crippen LogP contribution in [-0.4, -0.2) is 81.9 Å². The molecule has 0 saturated carbocycles. The molecule has 0 aliphatic carbocycles. The summed E-state index contributed by atoms with van der Waals surface area (Å²) in [6, 6.07) is -0.410. The average molecular weight is 378 g/mol. The number of carbonyl (C=O) groups excluding carboxylic acids is 3. The lowest BCUT2D eigenvalue weighted by Gasteiger charge is -2.27. The van der Waals surface area contributed by atoms with Crippen LogP contribution in [0.25, 0.3) is 0 Å². The Balaban J connectivity index is 1.89. The third kappa shape index (κ3) is 3.32. The van der Waals surface area contributed by atoms with E-state index in [1.807, 2.05) is 18.7 Å². The Hall–Kier alpha value is -2.03. The van der Waals surface area contributed by atoms with Crippen molar-refractivity contribution in [3.8, 4) is 0 Å². The summed E-state index contributed by atoms with van der Waals surface area (Å²) in [5.74, 6) is 0.245. The van der Waals surface area contributed by atoms with E-state index in [1.165, 1.54) is 23.4 Å². The second-order valence-corrected chi connectivity index (χ2v) is 7.98. The number of amides is 4. The molecule has 8 nitrogen and oxygen atoms in total. The van der Waals surface area contributed by atoms with Crippen molar-refractivity contribution in [3.05, 3.63) is 0 Å². The molecule has 0 aromatic heterocycles. The van der Waals surface area contributed by atoms with Gasteiger partial charge in [0.2, 0.25) is 11.7 Å². The lowest BCUT2D eigenvalue weighted by molar-refractivity contribution is -0.407. The van der Waals surface area contributed by atoms with Crippen LogP contribution in [-0.2, 0) is 9.59 Å². The maximum absolute atomic E-state index is 12.7. The summed E-state index contributed by atoms with van der Waals surface area (Å²) in [7, 11) is 3.06. The predicted octanol–water partition coefficient (Wildman–Crippen LogP) is 1.06. The van der Waals surface area contributed by atoms with Crippen molar-refractivity contribution in [3.63, 3.8) is 0 Å². The van der Waals surface area contributed by atoms with Crippen LogP contribution in [0.1, 0.15) is 26.7 Å². The van der Waals surface area contributed by atoms with Gasteiger partial charge in [-0.15, -0.1) is 0 Å². The van der Waals surface area contributed by atoms with Crippen LogP contribution in [0.4, 0.5) is 4.79 Å². The number of carbonyl (C=O) groups is 3. The standard InChI is InChI=1S/C17H24N5O3S/c1-10(2)13-18-14-12(16(24)21(4)17(25)20(14)3)15(19-13)26-9-11(23)22-7-5-6-8-22/h10,12H,5-9H2,1-4H3/q+1. The molecule has 9 heteroatoms. The zero-order valence-corrected chi connectivity index (χ0v) is 16.4. The van der Waals surface area contributed by atoms with Gasteiger partial charge in [0, 0.05) is 19.0 Å². The first kappa shape index (κ1) is 18.8. The molecule has 4 amide bonds. The van der Waals surface area contributed by atoms with E-state index in [9.17, 15) is 14.4 Å². The number of hydrogen-bond acceptors (Lipinski definition) is 6. The van der Waals surface area contributed by atoms with Crippen molar-refractivity contribution in [2.45, 2.75) is 26.7 Å². The number of likely N-dealkylation sites (tertiary alicyclic amines) is 1. The van der Waals surface area contributed by atoms with Crippen LogP contribution < -0.4 is 0 Å². The number of fused-ring (bicyclic) bond motifs is 1. The zero-order chi connectivity index (χ0) is 19.0. The number of imide groups is 1. The number of nitrogens with zero attached hydrogens (tertiary/aromatic N) is 5. The molecular formula is C17H24N5O3S+. The number of rotatable bonds is 3. The Morgan fingerprint density at radius 3 is 2.54 bits per heavy atom. The van der Waals surface area contributed by atoms with Gasteiger partial charge in [0.05, 0.1) is 19.8 Å². The normalized spacial score (nSPS) is 23.5. The van der Waals surface area contributed by atoms with Crippen molar-refractivity contribution >= 4 is 46.3 Å². The van der Waals surface area contributed by atoms with Gasteiger partial charge in [-0.2, -0.15) is 9.48 Å². The molecule has 1 saturated heterocycles. The highest BCUT2D eigenvalue weighted by molar-refractivity contribution is 8.14. The highest BCUT2D eigenvalue weighted by Gasteiger charge is 2.49. The van der Waals surface area contributed by atoms with E-state index in [0.717, 1.165) is 30.8 Å². The first-order chi connectivity index (χ1) is 12.3. The smallest absolute Gasteiger partial charge is 0.342 e. The first-order valence-electron chi connectivity index (χ1n) is 8.81. The Morgan fingerprint density at radius 2 is 1.92 bits per heavy atom. The maximum atomic E-state index is 12.7. The van der Waals surface area contributed by atoms with E-state index in [0.29, 0.717) is 16.7 Å². The molecule has 1 unspecified atom stereocenters. The summed E-state index contributed by atoms with van der Waals surface area (Å²) < 4.78 is 1.39. The number of aliphatic imine (C=N–C) groups is 2. The lowest BCUT2D eigenvalue weighted by atomic mass is 10.0. The van der Waals surface area contributed by atoms with Crippen LogP contribution in [0.3, 0.4) is 0 Å². The molecule has 3 heterocycles. The van der Waals surface area contributed by atoms with Crippen LogP contribution in [0.15, 0.2) is 9.98 Å². The van der Waals surface area contributed by atoms with Gasteiger partial charge in [0.25, 0.3) is 5.84 Å². The number of hydrogen-bond donors (Lipinski definition) is 0. The van der Waals surface area contributed by atoms with Gasteiger partial charge in [-0.25, -0.2) is 9.79 Å². The fourth-order valence-corrected chi connectivity index (χ4v) is 4.14. The number of amidine groups is 2. The monoisotopic (exact) mass is 378 g/mol. The van der Waals surface area contributed by atoms with E-state index in [-0.39, 0.29) is 23.5 Å². The molecule has 140 valence electrons. The Labute approximate surface area is 157 Å². The molecule has 0 spiro atoms. The number of thioether (sulfide) groups is 1. The van der Waals surface area contributed by atoms with Gasteiger partial charge < -0.3 is 4.90 Å². The summed E-state index contributed by atoms with van der Waals surface area (Å²) >= 11 is 1.28. The molecule has 3 aliphatic rings. The summed E-state index contributed by atoms with van der Waals surface area (Å²) in [5.41, 5.74) is 0. The molecule has 0 N–H and O–H groups in total.